The second kappa shape index (κ2) is 12.5. The molecule has 0 bridgehead atoms. The molecule has 0 fully saturated rings. The van der Waals surface area contributed by atoms with E-state index < -0.39 is 4.92 Å². The van der Waals surface area contributed by atoms with E-state index in [0.29, 0.717) is 25.8 Å². The van der Waals surface area contributed by atoms with Gasteiger partial charge in [-0.15, -0.1) is 20.4 Å². The van der Waals surface area contributed by atoms with Crippen LogP contribution in [-0.4, -0.2) is 47.9 Å². The Morgan fingerprint density at radius 3 is 2.70 bits per heavy atom. The van der Waals surface area contributed by atoms with Gasteiger partial charge in [0.1, 0.15) is 0 Å². The quantitative estimate of drug-likeness (QED) is 0.0589. The van der Waals surface area contributed by atoms with Gasteiger partial charge < -0.3 is 5.84 Å². The van der Waals surface area contributed by atoms with Crippen LogP contribution in [0.3, 0.4) is 0 Å². The summed E-state index contributed by atoms with van der Waals surface area (Å²) in [5.41, 5.74) is 4.24. The molecule has 0 aliphatic heterocycles. The molecule has 37 heavy (non-hydrogen) atoms. The monoisotopic (exact) mass is 576 g/mol. The fraction of sp³-hybridized carbons (Fsp3) is 0.100. The molecule has 0 aliphatic carbocycles. The number of hydrogen-bond donors (Lipinski definition) is 3. The fourth-order valence-corrected chi connectivity index (χ4v) is 5.37. The Balaban J connectivity index is 1.23. The van der Waals surface area contributed by atoms with E-state index in [9.17, 15) is 14.9 Å². The Morgan fingerprint density at radius 1 is 1.16 bits per heavy atom. The van der Waals surface area contributed by atoms with Crippen molar-refractivity contribution in [3.63, 3.8) is 0 Å². The number of hydrazone groups is 1. The third-order valence-electron chi connectivity index (χ3n) is 4.44. The van der Waals surface area contributed by atoms with Crippen LogP contribution in [0.5, 0.6) is 0 Å². The molecule has 4 N–H and O–H groups in total. The van der Waals surface area contributed by atoms with E-state index in [1.807, 2.05) is 24.3 Å². The number of thioether (sulfide) groups is 2. The number of rotatable bonds is 11. The average Bonchev–Trinajstić information content (AvgIpc) is 3.48. The number of nitro groups is 1. The largest absolute Gasteiger partial charge is 0.334 e. The molecule has 0 radical (unpaired) electrons. The third kappa shape index (κ3) is 7.39. The molecule has 2 heterocycles. The van der Waals surface area contributed by atoms with Crippen LogP contribution in [-0.2, 0) is 10.5 Å². The Kier molecular flexibility index (Phi) is 8.89. The molecule has 0 unspecified atom stereocenters. The number of nitrogens with two attached hydrogens (primary N) is 1. The topological polar surface area (TPSA) is 179 Å². The van der Waals surface area contributed by atoms with Crippen molar-refractivity contribution >= 4 is 75.4 Å². The number of nitro benzene ring substituents is 1. The lowest BCUT2D eigenvalue weighted by molar-refractivity contribution is -0.384. The summed E-state index contributed by atoms with van der Waals surface area (Å²) in [7, 11) is 0. The minimum atomic E-state index is -0.483. The molecule has 4 rings (SSSR count). The van der Waals surface area contributed by atoms with E-state index in [0.717, 1.165) is 22.0 Å². The summed E-state index contributed by atoms with van der Waals surface area (Å²) in [4.78, 5) is 22.6. The number of benzene rings is 2. The first-order valence-corrected chi connectivity index (χ1v) is 13.4. The average molecular weight is 577 g/mol. The number of carbonyl (C=O) groups is 1. The minimum absolute atomic E-state index is 0.0169. The molecular weight excluding hydrogens is 560 g/mol. The van der Waals surface area contributed by atoms with E-state index in [4.69, 9.17) is 17.4 Å². The zero-order valence-electron chi connectivity index (χ0n) is 18.6. The van der Waals surface area contributed by atoms with Gasteiger partial charge in [-0.1, -0.05) is 64.7 Å². The number of halogens is 1. The van der Waals surface area contributed by atoms with Crippen LogP contribution in [0.25, 0.3) is 0 Å². The normalized spacial score (nSPS) is 11.1. The number of aromatic nitrogens is 5. The first kappa shape index (κ1) is 26.3. The fourth-order valence-electron chi connectivity index (χ4n) is 2.66. The summed E-state index contributed by atoms with van der Waals surface area (Å²) in [5.74, 6) is 6.46. The van der Waals surface area contributed by atoms with Crippen molar-refractivity contribution in [2.45, 2.75) is 15.2 Å². The zero-order chi connectivity index (χ0) is 26.2. The van der Waals surface area contributed by atoms with Gasteiger partial charge in [0.15, 0.2) is 4.34 Å². The minimum Gasteiger partial charge on any atom is -0.334 e. The molecule has 13 nitrogen and oxygen atoms in total. The summed E-state index contributed by atoms with van der Waals surface area (Å²) in [5, 5.41) is 34.7. The molecule has 0 aliphatic rings. The van der Waals surface area contributed by atoms with Crippen LogP contribution in [0.15, 0.2) is 63.1 Å². The second-order valence-electron chi connectivity index (χ2n) is 6.98. The summed E-state index contributed by atoms with van der Waals surface area (Å²) in [6.45, 7) is 0. The van der Waals surface area contributed by atoms with Crippen molar-refractivity contribution in [2.24, 2.45) is 5.10 Å². The van der Waals surface area contributed by atoms with Crippen LogP contribution < -0.4 is 16.6 Å². The Bertz CT molecular complexity index is 1430. The van der Waals surface area contributed by atoms with Gasteiger partial charge in [-0.05, 0) is 29.3 Å². The lowest BCUT2D eigenvalue weighted by atomic mass is 10.2. The number of nitrogen functional groups attached to an aromatic ring is 1. The Morgan fingerprint density at radius 2 is 1.95 bits per heavy atom. The number of nitrogens with one attached hydrogen (secondary N) is 2. The second-order valence-corrected chi connectivity index (χ2v) is 10.5. The highest BCUT2D eigenvalue weighted by molar-refractivity contribution is 8.00. The van der Waals surface area contributed by atoms with Gasteiger partial charge in [0.25, 0.3) is 11.6 Å². The van der Waals surface area contributed by atoms with Crippen molar-refractivity contribution in [2.75, 3.05) is 22.3 Å². The molecule has 2 aromatic heterocycles. The van der Waals surface area contributed by atoms with E-state index >= 15 is 0 Å². The molecule has 0 saturated heterocycles. The highest BCUT2D eigenvalue weighted by atomic mass is 35.5. The van der Waals surface area contributed by atoms with Crippen molar-refractivity contribution < 1.29 is 9.72 Å². The van der Waals surface area contributed by atoms with Gasteiger partial charge in [0.2, 0.25) is 16.2 Å². The first-order valence-electron chi connectivity index (χ1n) is 10.3. The molecule has 0 saturated carbocycles. The van der Waals surface area contributed by atoms with E-state index in [2.05, 4.69) is 36.2 Å². The number of anilines is 2. The maximum Gasteiger partial charge on any atom is 0.269 e. The van der Waals surface area contributed by atoms with Gasteiger partial charge >= 0.3 is 0 Å². The highest BCUT2D eigenvalue weighted by Crippen LogP contribution is 2.30. The van der Waals surface area contributed by atoms with Crippen molar-refractivity contribution in [1.29, 1.82) is 0 Å². The summed E-state index contributed by atoms with van der Waals surface area (Å²) in [6.07, 6.45) is 1.45. The van der Waals surface area contributed by atoms with E-state index in [-0.39, 0.29) is 28.5 Å². The summed E-state index contributed by atoms with van der Waals surface area (Å²) in [6, 6.07) is 13.4. The van der Waals surface area contributed by atoms with Gasteiger partial charge in [-0.25, -0.2) is 10.1 Å². The number of nitrogens with zero attached hydrogens (tertiary/aromatic N) is 7. The number of hydrogen-bond acceptors (Lipinski definition) is 13. The van der Waals surface area contributed by atoms with Crippen LogP contribution >= 0.6 is 46.5 Å². The predicted octanol–water partition coefficient (Wildman–Crippen LogP) is 3.87. The molecule has 4 aromatic rings. The molecule has 190 valence electrons. The van der Waals surface area contributed by atoms with Crippen LogP contribution in [0.2, 0.25) is 5.02 Å². The van der Waals surface area contributed by atoms with Gasteiger partial charge in [0.05, 0.1) is 16.9 Å². The van der Waals surface area contributed by atoms with E-state index in [1.54, 1.807) is 12.1 Å². The maximum atomic E-state index is 12.3. The maximum absolute atomic E-state index is 12.3. The van der Waals surface area contributed by atoms with Crippen LogP contribution in [0.1, 0.15) is 11.1 Å². The molecule has 2 aromatic carbocycles. The SMILES string of the molecule is Nn1c(N/N=C/c2ccc([N+](=O)[O-])cc2)nnc1SCC(=O)Nc1nnc(SCc2ccccc2Cl)s1. The first-order chi connectivity index (χ1) is 17.9. The lowest BCUT2D eigenvalue weighted by Crippen LogP contribution is -2.16. The number of non-ortho nitro benzene ring substituents is 1. The van der Waals surface area contributed by atoms with Gasteiger partial charge in [-0.2, -0.15) is 5.10 Å². The zero-order valence-corrected chi connectivity index (χ0v) is 21.9. The molecule has 1 amide bonds. The number of amides is 1. The standard InChI is InChI=1S/C20H17ClN10O3S3/c21-15-4-2-1-3-13(15)10-36-20-29-27-18(37-20)24-16(32)11-35-19-28-26-17(30(19)22)25-23-9-12-5-7-14(8-6-12)31(33)34/h1-9H,10-11,22H2,(H,25,26)(H,24,27,32)/b23-9+. The third-order valence-corrected chi connectivity index (χ3v) is 7.77. The molecule has 17 heteroatoms. The van der Waals surface area contributed by atoms with Gasteiger partial charge in [-0.3, -0.25) is 20.2 Å². The smallest absolute Gasteiger partial charge is 0.269 e. The predicted molar refractivity (Wildman–Crippen MR) is 145 cm³/mol. The van der Waals surface area contributed by atoms with Crippen LogP contribution in [0, 0.1) is 10.1 Å². The van der Waals surface area contributed by atoms with Crippen molar-refractivity contribution in [1.82, 2.24) is 25.1 Å². The number of carbonyl (C=O) groups excluding carboxylic acids is 1. The molecular formula is C20H17ClN10O3S3. The van der Waals surface area contributed by atoms with E-state index in [1.165, 1.54) is 41.4 Å². The van der Waals surface area contributed by atoms with Crippen molar-refractivity contribution in [3.05, 3.63) is 74.8 Å². The Hall–Kier alpha value is -3.73. The van der Waals surface area contributed by atoms with Crippen molar-refractivity contribution in [3.8, 4) is 0 Å². The van der Waals surface area contributed by atoms with Gasteiger partial charge in [0, 0.05) is 22.9 Å². The highest BCUT2D eigenvalue weighted by Gasteiger charge is 2.14. The Labute approximate surface area is 227 Å². The summed E-state index contributed by atoms with van der Waals surface area (Å²) < 4.78 is 1.86. The van der Waals surface area contributed by atoms with Crippen LogP contribution in [0.4, 0.5) is 16.8 Å². The molecule has 0 spiro atoms. The lowest BCUT2D eigenvalue weighted by Gasteiger charge is -2.03. The molecule has 0 atom stereocenters. The summed E-state index contributed by atoms with van der Waals surface area (Å²) >= 11 is 9.99.